The zero-order chi connectivity index (χ0) is 46.7. The number of carbonyl (C=O) groups is 1. The number of unbranched alkanes of at least 4 members (excludes halogenated alkanes) is 56. The molecule has 65 heavy (non-hydrogen) atoms. The number of carbonyl (C=O) groups excluding carboxylic acids is 1. The highest BCUT2D eigenvalue weighted by molar-refractivity contribution is 5.69. The minimum absolute atomic E-state index is 0.0373. The first-order valence-corrected chi connectivity index (χ1v) is 31.5. The quantitative estimate of drug-likeness (QED) is 0.0449. The molecule has 0 atom stereocenters. The van der Waals surface area contributed by atoms with Crippen LogP contribution in [0.2, 0.25) is 0 Å². The van der Waals surface area contributed by atoms with Crippen LogP contribution in [-0.4, -0.2) is 12.6 Å². The maximum atomic E-state index is 12.1. The van der Waals surface area contributed by atoms with Crippen LogP contribution in [0.4, 0.5) is 0 Å². The third-order valence-electron chi connectivity index (χ3n) is 15.0. The van der Waals surface area contributed by atoms with E-state index in [0.717, 1.165) is 12.8 Å². The van der Waals surface area contributed by atoms with Crippen LogP contribution < -0.4 is 0 Å². The Balaban J connectivity index is 3.14. The van der Waals surface area contributed by atoms with E-state index >= 15 is 0 Å². The normalized spacial score (nSPS) is 11.6. The Hall–Kier alpha value is -0.530. The van der Waals surface area contributed by atoms with Gasteiger partial charge in [0.1, 0.15) is 0 Å². The zero-order valence-electron chi connectivity index (χ0n) is 45.7. The molecule has 0 aromatic heterocycles. The summed E-state index contributed by atoms with van der Waals surface area (Å²) in [5.41, 5.74) is 0. The standard InChI is InChI=1S/C63H126O2/c1-3-5-7-9-11-13-15-17-19-21-23-25-27-29-31-33-34-35-37-39-41-43-45-47-49-51-53-55-57-59-61-63(64)65-62-60-58-56-54-52-50-48-46-44-42-40-38-36-32-30-28-26-24-22-20-18-16-14-12-10-8-6-4-2/h3-62H2,1-2H3. The van der Waals surface area contributed by atoms with E-state index in [1.54, 1.807) is 0 Å². The maximum absolute atomic E-state index is 12.1. The Morgan fingerprint density at radius 3 is 0.508 bits per heavy atom. The lowest BCUT2D eigenvalue weighted by Crippen LogP contribution is -2.05. The molecule has 0 aliphatic rings. The Bertz CT molecular complexity index is 822. The van der Waals surface area contributed by atoms with Gasteiger partial charge < -0.3 is 4.74 Å². The van der Waals surface area contributed by atoms with E-state index in [9.17, 15) is 4.79 Å². The molecule has 0 rings (SSSR count). The van der Waals surface area contributed by atoms with E-state index < -0.39 is 0 Å². The van der Waals surface area contributed by atoms with Crippen molar-refractivity contribution in [1.82, 2.24) is 0 Å². The van der Waals surface area contributed by atoms with Gasteiger partial charge in [-0.05, 0) is 12.8 Å². The van der Waals surface area contributed by atoms with E-state index in [2.05, 4.69) is 13.8 Å². The first kappa shape index (κ1) is 64.5. The lowest BCUT2D eigenvalue weighted by Gasteiger charge is -2.06. The fraction of sp³-hybridized carbons (Fsp3) is 0.984. The number of esters is 1. The van der Waals surface area contributed by atoms with Crippen molar-refractivity contribution in [3.63, 3.8) is 0 Å². The van der Waals surface area contributed by atoms with Gasteiger partial charge in [0.2, 0.25) is 0 Å². The van der Waals surface area contributed by atoms with Crippen LogP contribution in [0.25, 0.3) is 0 Å². The molecule has 0 amide bonds. The predicted octanol–water partition coefficient (Wildman–Crippen LogP) is 23.6. The molecule has 0 unspecified atom stereocenters. The van der Waals surface area contributed by atoms with Crippen LogP contribution in [-0.2, 0) is 9.53 Å². The summed E-state index contributed by atoms with van der Waals surface area (Å²) < 4.78 is 5.53. The molecule has 0 radical (unpaired) electrons. The fourth-order valence-electron chi connectivity index (χ4n) is 10.3. The van der Waals surface area contributed by atoms with Crippen molar-refractivity contribution in [1.29, 1.82) is 0 Å². The van der Waals surface area contributed by atoms with Crippen LogP contribution in [0, 0.1) is 0 Å². The third kappa shape index (κ3) is 61.5. The van der Waals surface area contributed by atoms with Gasteiger partial charge in [0.25, 0.3) is 0 Å². The van der Waals surface area contributed by atoms with Crippen molar-refractivity contribution >= 4 is 5.97 Å². The number of hydrogen-bond acceptors (Lipinski definition) is 2. The topological polar surface area (TPSA) is 26.3 Å². The molecule has 0 aromatic rings. The first-order valence-electron chi connectivity index (χ1n) is 31.5. The van der Waals surface area contributed by atoms with Crippen LogP contribution in [0.3, 0.4) is 0 Å². The summed E-state index contributed by atoms with van der Waals surface area (Å²) in [6, 6.07) is 0. The van der Waals surface area contributed by atoms with Crippen molar-refractivity contribution in [2.45, 2.75) is 393 Å². The van der Waals surface area contributed by atoms with Gasteiger partial charge in [0.15, 0.2) is 0 Å². The summed E-state index contributed by atoms with van der Waals surface area (Å²) >= 11 is 0. The van der Waals surface area contributed by atoms with Gasteiger partial charge in [-0.3, -0.25) is 4.79 Å². The van der Waals surface area contributed by atoms with Crippen molar-refractivity contribution in [3.05, 3.63) is 0 Å². The largest absolute Gasteiger partial charge is 0.466 e. The van der Waals surface area contributed by atoms with Gasteiger partial charge in [0, 0.05) is 6.42 Å². The van der Waals surface area contributed by atoms with Gasteiger partial charge in [-0.25, -0.2) is 0 Å². The van der Waals surface area contributed by atoms with Gasteiger partial charge in [0.05, 0.1) is 6.61 Å². The van der Waals surface area contributed by atoms with Gasteiger partial charge in [-0.1, -0.05) is 373 Å². The average molecular weight is 916 g/mol. The molecule has 0 fully saturated rings. The second-order valence-corrected chi connectivity index (χ2v) is 21.8. The van der Waals surface area contributed by atoms with Crippen LogP contribution in [0.1, 0.15) is 393 Å². The molecule has 0 bridgehead atoms. The SMILES string of the molecule is CCCCCCCCCCCCCCCCCCCCCCCCCCCCCCCCC(=O)OCCCCCCCCCCCCCCCCCCCCCCCCCCCCCC. The molecule has 0 aliphatic carbocycles. The average Bonchev–Trinajstić information content (AvgIpc) is 3.31. The molecular formula is C63H126O2. The Kier molecular flexibility index (Phi) is 61.0. The molecule has 0 spiro atoms. The molecule has 2 nitrogen and oxygen atoms in total. The molecule has 0 heterocycles. The number of rotatable bonds is 60. The minimum Gasteiger partial charge on any atom is -0.466 e. The van der Waals surface area contributed by atoms with Crippen molar-refractivity contribution in [3.8, 4) is 0 Å². The van der Waals surface area contributed by atoms with E-state index in [4.69, 9.17) is 4.74 Å². The van der Waals surface area contributed by atoms with Crippen molar-refractivity contribution in [2.24, 2.45) is 0 Å². The highest BCUT2D eigenvalue weighted by atomic mass is 16.5. The number of ether oxygens (including phenoxy) is 1. The van der Waals surface area contributed by atoms with Gasteiger partial charge in [-0.2, -0.15) is 0 Å². The Labute approximate surface area is 413 Å². The molecule has 0 N–H and O–H groups in total. The van der Waals surface area contributed by atoms with Crippen LogP contribution >= 0.6 is 0 Å². The lowest BCUT2D eigenvalue weighted by atomic mass is 10.0. The Morgan fingerprint density at radius 2 is 0.338 bits per heavy atom. The second kappa shape index (κ2) is 61.5. The first-order chi connectivity index (χ1) is 32.3. The lowest BCUT2D eigenvalue weighted by molar-refractivity contribution is -0.143. The molecule has 0 saturated carbocycles. The highest BCUT2D eigenvalue weighted by Gasteiger charge is 2.04. The fourth-order valence-corrected chi connectivity index (χ4v) is 10.3. The summed E-state index contributed by atoms with van der Waals surface area (Å²) in [5.74, 6) is 0.0373. The van der Waals surface area contributed by atoms with E-state index in [1.165, 1.54) is 360 Å². The van der Waals surface area contributed by atoms with Crippen molar-refractivity contribution in [2.75, 3.05) is 6.61 Å². The summed E-state index contributed by atoms with van der Waals surface area (Å²) in [5, 5.41) is 0. The van der Waals surface area contributed by atoms with E-state index in [-0.39, 0.29) is 5.97 Å². The zero-order valence-corrected chi connectivity index (χ0v) is 45.7. The number of hydrogen-bond donors (Lipinski definition) is 0. The van der Waals surface area contributed by atoms with Crippen LogP contribution in [0.5, 0.6) is 0 Å². The second-order valence-electron chi connectivity index (χ2n) is 21.8. The van der Waals surface area contributed by atoms with Gasteiger partial charge in [-0.15, -0.1) is 0 Å². The molecule has 0 aromatic carbocycles. The maximum Gasteiger partial charge on any atom is 0.305 e. The predicted molar refractivity (Wildman–Crippen MR) is 295 cm³/mol. The Morgan fingerprint density at radius 1 is 0.200 bits per heavy atom. The summed E-state index contributed by atoms with van der Waals surface area (Å²) in [4.78, 5) is 12.1. The third-order valence-corrected chi connectivity index (χ3v) is 15.0. The summed E-state index contributed by atoms with van der Waals surface area (Å²) in [6.45, 7) is 5.25. The smallest absolute Gasteiger partial charge is 0.305 e. The van der Waals surface area contributed by atoms with Gasteiger partial charge >= 0.3 is 5.97 Å². The monoisotopic (exact) mass is 915 g/mol. The minimum atomic E-state index is 0.0373. The summed E-state index contributed by atoms with van der Waals surface area (Å²) in [7, 11) is 0. The molecule has 0 aliphatic heterocycles. The molecular weight excluding hydrogens is 789 g/mol. The molecule has 390 valence electrons. The molecule has 2 heteroatoms. The van der Waals surface area contributed by atoms with E-state index in [0.29, 0.717) is 13.0 Å². The van der Waals surface area contributed by atoms with Crippen molar-refractivity contribution < 1.29 is 9.53 Å². The van der Waals surface area contributed by atoms with E-state index in [1.807, 2.05) is 0 Å². The molecule has 0 saturated heterocycles. The van der Waals surface area contributed by atoms with Crippen LogP contribution in [0.15, 0.2) is 0 Å². The summed E-state index contributed by atoms with van der Waals surface area (Å²) in [6.07, 6.45) is 83.2. The highest BCUT2D eigenvalue weighted by Crippen LogP contribution is 2.19.